The van der Waals surface area contributed by atoms with Gasteiger partial charge in [0.1, 0.15) is 0 Å². The van der Waals surface area contributed by atoms with Gasteiger partial charge in [-0.25, -0.2) is 0 Å². The van der Waals surface area contributed by atoms with Crippen molar-refractivity contribution in [3.05, 3.63) is 238 Å². The first-order valence-corrected chi connectivity index (χ1v) is 24.5. The van der Waals surface area contributed by atoms with Gasteiger partial charge < -0.3 is 9.80 Å². The van der Waals surface area contributed by atoms with Crippen LogP contribution in [0, 0.1) is 55.4 Å². The van der Waals surface area contributed by atoms with Gasteiger partial charge in [0.25, 0.3) is 0 Å². The monoisotopic (exact) mass is 888 g/mol. The van der Waals surface area contributed by atoms with Gasteiger partial charge in [-0.1, -0.05) is 115 Å². The molecule has 10 aromatic rings. The fraction of sp³-hybridized carbons (Fsp3) is 0.134. The lowest BCUT2D eigenvalue weighted by molar-refractivity contribution is 1.21. The summed E-state index contributed by atoms with van der Waals surface area (Å²) in [5, 5.41) is 2.56. The van der Waals surface area contributed by atoms with Crippen molar-refractivity contribution < 1.29 is 0 Å². The van der Waals surface area contributed by atoms with E-state index in [0.29, 0.717) is 0 Å². The van der Waals surface area contributed by atoms with Gasteiger partial charge in [0.15, 0.2) is 0 Å². The summed E-state index contributed by atoms with van der Waals surface area (Å²) < 4.78 is 0. The fourth-order valence-electron chi connectivity index (χ4n) is 11.3. The van der Waals surface area contributed by atoms with Crippen LogP contribution in [0.25, 0.3) is 66.4 Å². The molecule has 0 aromatic heterocycles. The number of rotatable bonds is 8. The van der Waals surface area contributed by atoms with Gasteiger partial charge >= 0.3 is 0 Å². The van der Waals surface area contributed by atoms with Gasteiger partial charge in [-0.05, 0) is 245 Å². The maximum Gasteiger partial charge on any atom is 0.0540 e. The van der Waals surface area contributed by atoms with Crippen LogP contribution < -0.4 is 9.80 Å². The summed E-state index contributed by atoms with van der Waals surface area (Å²) in [5.41, 5.74) is 33.1. The summed E-state index contributed by atoms with van der Waals surface area (Å²) in [6.45, 7) is 17.7. The fourth-order valence-corrected chi connectivity index (χ4v) is 11.3. The van der Waals surface area contributed by atoms with Crippen molar-refractivity contribution in [1.82, 2.24) is 0 Å². The van der Waals surface area contributed by atoms with E-state index in [4.69, 9.17) is 0 Å². The van der Waals surface area contributed by atoms with Crippen LogP contribution in [0.1, 0.15) is 55.6 Å². The first-order chi connectivity index (χ1) is 33.5. The molecule has 69 heavy (non-hydrogen) atoms. The number of nitrogens with zero attached hydrogens (tertiary/aromatic N) is 2. The van der Waals surface area contributed by atoms with Gasteiger partial charge in [0, 0.05) is 33.8 Å². The summed E-state index contributed by atoms with van der Waals surface area (Å²) in [6.07, 6.45) is 0.828. The Bertz CT molecular complexity index is 3620. The third kappa shape index (κ3) is 6.84. The number of benzene rings is 10. The minimum Gasteiger partial charge on any atom is -0.310 e. The Kier molecular flexibility index (Phi) is 10.1. The lowest BCUT2D eigenvalue weighted by atomic mass is 9.80. The number of aryl methyl sites for hydroxylation is 8. The highest BCUT2D eigenvalue weighted by Crippen LogP contribution is 2.62. The Balaban J connectivity index is 1.12. The molecule has 0 fully saturated rings. The molecule has 10 aromatic carbocycles. The van der Waals surface area contributed by atoms with Crippen molar-refractivity contribution >= 4 is 44.9 Å². The molecular formula is C67H56N2. The van der Waals surface area contributed by atoms with Crippen molar-refractivity contribution in [3.63, 3.8) is 0 Å². The molecule has 0 aliphatic heterocycles. The molecule has 12 rings (SSSR count). The third-order valence-corrected chi connectivity index (χ3v) is 15.5. The van der Waals surface area contributed by atoms with Gasteiger partial charge in [0.2, 0.25) is 0 Å². The molecule has 2 aliphatic rings. The molecule has 2 heteroatoms. The van der Waals surface area contributed by atoms with Gasteiger partial charge in [-0.3, -0.25) is 0 Å². The molecule has 0 radical (unpaired) electrons. The zero-order valence-electron chi connectivity index (χ0n) is 40.9. The Morgan fingerprint density at radius 1 is 0.304 bits per heavy atom. The highest BCUT2D eigenvalue weighted by molar-refractivity contribution is 6.26. The summed E-state index contributed by atoms with van der Waals surface area (Å²) in [5.74, 6) is 0. The highest BCUT2D eigenvalue weighted by atomic mass is 15.1. The summed E-state index contributed by atoms with van der Waals surface area (Å²) >= 11 is 0. The normalized spacial score (nSPS) is 12.0. The molecule has 0 N–H and O–H groups in total. The Labute approximate surface area is 407 Å². The second-order valence-electron chi connectivity index (χ2n) is 19.7. The molecule has 0 atom stereocenters. The average Bonchev–Trinajstić information content (AvgIpc) is 3.90. The average molecular weight is 889 g/mol. The standard InChI is InChI=1S/C67H56N2/c1-40-22-26-51(34-44(40)5)68(52-27-23-41(2)45(6)35-52)55-30-31-56-50(38-55)39-60-62(48-16-11-9-12-17-48)66-58-21-15-20-57-61(33-32-59(64(57)58)67(66)63(65(56)60)49-18-13-10-14-19-49)69(53-28-24-42(3)46(7)36-53)54-29-25-43(4)47(8)37-54/h9-38H,39H2,1-8H3. The zero-order valence-corrected chi connectivity index (χ0v) is 40.9. The summed E-state index contributed by atoms with van der Waals surface area (Å²) in [6, 6.07) is 69.0. The lowest BCUT2D eigenvalue weighted by Crippen LogP contribution is -2.11. The third-order valence-electron chi connectivity index (χ3n) is 15.5. The number of anilines is 6. The molecule has 0 saturated heterocycles. The van der Waals surface area contributed by atoms with E-state index < -0.39 is 0 Å². The number of fused-ring (bicyclic) bond motifs is 6. The van der Waals surface area contributed by atoms with Crippen LogP contribution in [0.4, 0.5) is 34.1 Å². The highest BCUT2D eigenvalue weighted by Gasteiger charge is 2.37. The van der Waals surface area contributed by atoms with Crippen LogP contribution in [0.15, 0.2) is 182 Å². The van der Waals surface area contributed by atoms with Gasteiger partial charge in [0.05, 0.1) is 5.69 Å². The van der Waals surface area contributed by atoms with Crippen molar-refractivity contribution in [2.75, 3.05) is 9.80 Å². The van der Waals surface area contributed by atoms with E-state index in [0.717, 1.165) is 17.8 Å². The Hall–Kier alpha value is -7.94. The van der Waals surface area contributed by atoms with E-state index in [2.05, 4.69) is 247 Å². The van der Waals surface area contributed by atoms with Crippen LogP contribution in [-0.2, 0) is 6.42 Å². The number of hydrogen-bond donors (Lipinski definition) is 0. The van der Waals surface area contributed by atoms with E-state index >= 15 is 0 Å². The molecular weight excluding hydrogens is 833 g/mol. The largest absolute Gasteiger partial charge is 0.310 e. The van der Waals surface area contributed by atoms with E-state index in [1.807, 2.05) is 0 Å². The molecule has 0 unspecified atom stereocenters. The molecule has 2 aliphatic carbocycles. The van der Waals surface area contributed by atoms with Crippen LogP contribution in [-0.4, -0.2) is 0 Å². The first-order valence-electron chi connectivity index (χ1n) is 24.5. The van der Waals surface area contributed by atoms with Crippen molar-refractivity contribution in [3.8, 4) is 55.6 Å². The SMILES string of the molecule is Cc1ccc(N(c2ccc(C)c(C)c2)c2ccc3c(c2)Cc2c(-c4ccccc4)c4c(c(-c5ccccc5)c2-3)-c2ccc(N(c3ccc(C)c(C)c3)c3ccc(C)c(C)c3)c3cccc-4c23)cc1C. The minimum atomic E-state index is 0.828. The molecule has 0 heterocycles. The van der Waals surface area contributed by atoms with E-state index in [9.17, 15) is 0 Å². The molecule has 0 bridgehead atoms. The van der Waals surface area contributed by atoms with E-state index in [-0.39, 0.29) is 0 Å². The van der Waals surface area contributed by atoms with Crippen LogP contribution in [0.2, 0.25) is 0 Å². The number of hydrogen-bond acceptors (Lipinski definition) is 2. The van der Waals surface area contributed by atoms with Gasteiger partial charge in [-0.2, -0.15) is 0 Å². The maximum absolute atomic E-state index is 2.48. The van der Waals surface area contributed by atoms with Crippen molar-refractivity contribution in [2.45, 2.75) is 61.8 Å². The molecule has 2 nitrogen and oxygen atoms in total. The quantitative estimate of drug-likeness (QED) is 0.150. The van der Waals surface area contributed by atoms with E-state index in [1.54, 1.807) is 0 Å². The molecule has 0 spiro atoms. The van der Waals surface area contributed by atoms with E-state index in [1.165, 1.54) is 145 Å². The zero-order chi connectivity index (χ0) is 47.2. The predicted molar refractivity (Wildman–Crippen MR) is 295 cm³/mol. The van der Waals surface area contributed by atoms with Crippen molar-refractivity contribution in [1.29, 1.82) is 0 Å². The predicted octanol–water partition coefficient (Wildman–Crippen LogP) is 18.8. The van der Waals surface area contributed by atoms with Crippen LogP contribution in [0.3, 0.4) is 0 Å². The van der Waals surface area contributed by atoms with Crippen LogP contribution in [0.5, 0.6) is 0 Å². The Morgan fingerprint density at radius 3 is 1.26 bits per heavy atom. The topological polar surface area (TPSA) is 6.48 Å². The maximum atomic E-state index is 2.48. The second-order valence-corrected chi connectivity index (χ2v) is 19.7. The Morgan fingerprint density at radius 2 is 0.739 bits per heavy atom. The summed E-state index contributed by atoms with van der Waals surface area (Å²) in [4.78, 5) is 4.93. The summed E-state index contributed by atoms with van der Waals surface area (Å²) in [7, 11) is 0. The van der Waals surface area contributed by atoms with Crippen LogP contribution >= 0.6 is 0 Å². The lowest BCUT2D eigenvalue weighted by Gasteiger charge is -2.28. The minimum absolute atomic E-state index is 0.828. The smallest absolute Gasteiger partial charge is 0.0540 e. The van der Waals surface area contributed by atoms with Crippen molar-refractivity contribution in [2.24, 2.45) is 0 Å². The van der Waals surface area contributed by atoms with Gasteiger partial charge in [-0.15, -0.1) is 0 Å². The second kappa shape index (κ2) is 16.4. The molecule has 334 valence electrons. The molecule has 0 saturated carbocycles. The first kappa shape index (κ1) is 42.4. The molecule has 0 amide bonds.